The summed E-state index contributed by atoms with van der Waals surface area (Å²) in [6.45, 7) is 1.19. The van der Waals surface area contributed by atoms with E-state index in [1.807, 2.05) is 29.2 Å². The minimum atomic E-state index is -1.07. The second kappa shape index (κ2) is 4.47. The Labute approximate surface area is 91.3 Å². The molecule has 2 aromatic heterocycles. The van der Waals surface area contributed by atoms with Crippen LogP contribution in [0.1, 0.15) is 10.5 Å². The third-order valence-corrected chi connectivity index (χ3v) is 2.00. The fourth-order valence-corrected chi connectivity index (χ4v) is 1.24. The van der Waals surface area contributed by atoms with Gasteiger partial charge >= 0.3 is 5.97 Å². The highest BCUT2D eigenvalue weighted by Crippen LogP contribution is 1.92. The molecule has 0 spiro atoms. The largest absolute Gasteiger partial charge is 0.476 e. The Morgan fingerprint density at radius 2 is 2.19 bits per heavy atom. The summed E-state index contributed by atoms with van der Waals surface area (Å²) in [4.78, 5) is 10.5. The van der Waals surface area contributed by atoms with Gasteiger partial charge in [-0.25, -0.2) is 9.48 Å². The molecule has 0 radical (unpaired) electrons. The average Bonchev–Trinajstić information content (AvgIpc) is 2.87. The topological polar surface area (TPSA) is 85.0 Å². The predicted molar refractivity (Wildman–Crippen MR) is 55.6 cm³/mol. The molecule has 0 amide bonds. The van der Waals surface area contributed by atoms with Crippen LogP contribution < -0.4 is 5.43 Å². The van der Waals surface area contributed by atoms with E-state index in [1.54, 1.807) is 0 Å². The number of nitrogens with zero attached hydrogens (tertiary/aromatic N) is 4. The molecule has 0 fully saturated rings. The van der Waals surface area contributed by atoms with E-state index in [0.717, 1.165) is 0 Å². The van der Waals surface area contributed by atoms with Crippen molar-refractivity contribution in [1.82, 2.24) is 19.7 Å². The van der Waals surface area contributed by atoms with Gasteiger partial charge in [0.1, 0.15) is 0 Å². The van der Waals surface area contributed by atoms with E-state index < -0.39 is 5.97 Å². The summed E-state index contributed by atoms with van der Waals surface area (Å²) in [6.07, 6.45) is 5.16. The van der Waals surface area contributed by atoms with E-state index in [9.17, 15) is 4.79 Å². The number of carboxylic acid groups (broad SMARTS) is 1. The molecule has 2 rings (SSSR count). The number of aromatic nitrogens is 4. The monoisotopic (exact) mass is 221 g/mol. The number of hydrogen-bond donors (Lipinski definition) is 2. The Morgan fingerprint density at radius 1 is 1.44 bits per heavy atom. The normalized spacial score (nSPS) is 10.2. The molecule has 0 aromatic carbocycles. The highest BCUT2D eigenvalue weighted by Gasteiger charge is 2.07. The molecule has 84 valence electrons. The van der Waals surface area contributed by atoms with Crippen molar-refractivity contribution in [3.8, 4) is 0 Å². The molecule has 0 aliphatic heterocycles. The first-order valence-corrected chi connectivity index (χ1v) is 4.76. The quantitative estimate of drug-likeness (QED) is 0.743. The van der Waals surface area contributed by atoms with E-state index in [-0.39, 0.29) is 5.69 Å². The van der Waals surface area contributed by atoms with Gasteiger partial charge in [-0.2, -0.15) is 0 Å². The second-order valence-electron chi connectivity index (χ2n) is 3.17. The van der Waals surface area contributed by atoms with Gasteiger partial charge in [-0.1, -0.05) is 5.21 Å². The van der Waals surface area contributed by atoms with Crippen molar-refractivity contribution < 1.29 is 9.90 Å². The first kappa shape index (κ1) is 10.2. The van der Waals surface area contributed by atoms with Crippen molar-refractivity contribution in [3.05, 3.63) is 36.4 Å². The third kappa shape index (κ3) is 2.38. The van der Waals surface area contributed by atoms with Crippen LogP contribution in [0.2, 0.25) is 0 Å². The number of aromatic carboxylic acids is 1. The van der Waals surface area contributed by atoms with Crippen LogP contribution in [0, 0.1) is 0 Å². The zero-order chi connectivity index (χ0) is 11.4. The zero-order valence-electron chi connectivity index (χ0n) is 8.45. The van der Waals surface area contributed by atoms with Crippen LogP contribution in [0.25, 0.3) is 0 Å². The van der Waals surface area contributed by atoms with Crippen LogP contribution in [-0.2, 0) is 6.54 Å². The summed E-state index contributed by atoms with van der Waals surface area (Å²) in [5.74, 6) is -1.07. The van der Waals surface area contributed by atoms with Gasteiger partial charge < -0.3 is 10.5 Å². The fourth-order valence-electron chi connectivity index (χ4n) is 1.24. The summed E-state index contributed by atoms with van der Waals surface area (Å²) in [5, 5.41) is 15.8. The smallest absolute Gasteiger partial charge is 0.358 e. The van der Waals surface area contributed by atoms with Gasteiger partial charge in [-0.15, -0.1) is 5.10 Å². The first-order chi connectivity index (χ1) is 7.75. The first-order valence-electron chi connectivity index (χ1n) is 4.76. The SMILES string of the molecule is O=C(O)c1cn(CCNn2cccc2)nn1. The molecular formula is C9H11N5O2. The van der Waals surface area contributed by atoms with Crippen molar-refractivity contribution in [2.75, 3.05) is 12.0 Å². The molecule has 0 unspecified atom stereocenters. The standard InChI is InChI=1S/C9H11N5O2/c15-9(16)8-7-14(12-11-8)6-3-10-13-4-1-2-5-13/h1-2,4-5,7,10H,3,6H2,(H,15,16). The molecule has 0 aliphatic carbocycles. The lowest BCUT2D eigenvalue weighted by atomic mass is 10.5. The van der Waals surface area contributed by atoms with Crippen LogP contribution >= 0.6 is 0 Å². The van der Waals surface area contributed by atoms with Gasteiger partial charge in [0.15, 0.2) is 5.69 Å². The molecule has 0 atom stereocenters. The van der Waals surface area contributed by atoms with Crippen LogP contribution in [-0.4, -0.2) is 37.3 Å². The summed E-state index contributed by atoms with van der Waals surface area (Å²) >= 11 is 0. The van der Waals surface area contributed by atoms with Crippen molar-refractivity contribution in [2.45, 2.75) is 6.54 Å². The van der Waals surface area contributed by atoms with E-state index in [0.29, 0.717) is 13.1 Å². The maximum absolute atomic E-state index is 10.5. The third-order valence-electron chi connectivity index (χ3n) is 2.00. The van der Waals surface area contributed by atoms with E-state index in [4.69, 9.17) is 5.11 Å². The molecule has 0 bridgehead atoms. The molecule has 2 heterocycles. The van der Waals surface area contributed by atoms with Crippen LogP contribution in [0.15, 0.2) is 30.7 Å². The van der Waals surface area contributed by atoms with Crippen LogP contribution in [0.4, 0.5) is 0 Å². The lowest BCUT2D eigenvalue weighted by Gasteiger charge is -2.06. The zero-order valence-corrected chi connectivity index (χ0v) is 8.45. The molecular weight excluding hydrogens is 210 g/mol. The number of carbonyl (C=O) groups is 1. The van der Waals surface area contributed by atoms with Crippen molar-refractivity contribution in [3.63, 3.8) is 0 Å². The minimum Gasteiger partial charge on any atom is -0.476 e. The van der Waals surface area contributed by atoms with E-state index in [2.05, 4.69) is 15.7 Å². The summed E-state index contributed by atoms with van der Waals surface area (Å²) in [5.41, 5.74) is 3.05. The van der Waals surface area contributed by atoms with E-state index in [1.165, 1.54) is 10.9 Å². The van der Waals surface area contributed by atoms with Gasteiger partial charge in [0.2, 0.25) is 0 Å². The summed E-state index contributed by atoms with van der Waals surface area (Å²) in [7, 11) is 0. The molecule has 0 saturated carbocycles. The Morgan fingerprint density at radius 3 is 2.81 bits per heavy atom. The van der Waals surface area contributed by atoms with Gasteiger partial charge in [0.05, 0.1) is 19.3 Å². The molecule has 16 heavy (non-hydrogen) atoms. The Hall–Kier alpha value is -2.31. The molecule has 0 saturated heterocycles. The Balaban J connectivity index is 1.83. The second-order valence-corrected chi connectivity index (χ2v) is 3.17. The van der Waals surface area contributed by atoms with Gasteiger partial charge in [-0.05, 0) is 12.1 Å². The minimum absolute atomic E-state index is 0.0408. The number of carboxylic acids is 1. The molecule has 2 N–H and O–H groups in total. The maximum Gasteiger partial charge on any atom is 0.358 e. The van der Waals surface area contributed by atoms with Gasteiger partial charge in [0, 0.05) is 12.4 Å². The van der Waals surface area contributed by atoms with Gasteiger partial charge in [0.25, 0.3) is 0 Å². The van der Waals surface area contributed by atoms with Crippen LogP contribution in [0.3, 0.4) is 0 Å². The lowest BCUT2D eigenvalue weighted by molar-refractivity contribution is 0.0690. The number of rotatable bonds is 5. The van der Waals surface area contributed by atoms with E-state index >= 15 is 0 Å². The fraction of sp³-hybridized carbons (Fsp3) is 0.222. The molecule has 7 nitrogen and oxygen atoms in total. The lowest BCUT2D eigenvalue weighted by Crippen LogP contribution is -2.18. The molecule has 0 aliphatic rings. The van der Waals surface area contributed by atoms with Crippen molar-refractivity contribution in [1.29, 1.82) is 0 Å². The molecule has 2 aromatic rings. The Kier molecular flexibility index (Phi) is 2.86. The number of hydrogen-bond acceptors (Lipinski definition) is 4. The maximum atomic E-state index is 10.5. The highest BCUT2D eigenvalue weighted by atomic mass is 16.4. The average molecular weight is 221 g/mol. The molecule has 7 heteroatoms. The predicted octanol–water partition coefficient (Wildman–Crippen LogP) is 0.0215. The van der Waals surface area contributed by atoms with Crippen molar-refractivity contribution in [2.24, 2.45) is 0 Å². The van der Waals surface area contributed by atoms with Gasteiger partial charge in [-0.3, -0.25) is 4.68 Å². The van der Waals surface area contributed by atoms with Crippen LogP contribution in [0.5, 0.6) is 0 Å². The van der Waals surface area contributed by atoms with Crippen molar-refractivity contribution >= 4 is 5.97 Å². The number of nitrogens with one attached hydrogen (secondary N) is 1. The summed E-state index contributed by atoms with van der Waals surface area (Å²) in [6, 6.07) is 3.82. The summed E-state index contributed by atoms with van der Waals surface area (Å²) < 4.78 is 3.30. The highest BCUT2D eigenvalue weighted by molar-refractivity contribution is 5.84. The Bertz CT molecular complexity index is 462.